The Balaban J connectivity index is 2.41. The average molecular weight is 345 g/mol. The van der Waals surface area contributed by atoms with Crippen LogP contribution in [0.15, 0.2) is 53.4 Å². The number of nitriles is 1. The van der Waals surface area contributed by atoms with Gasteiger partial charge in [0, 0.05) is 24.7 Å². The van der Waals surface area contributed by atoms with Crippen molar-refractivity contribution in [3.63, 3.8) is 0 Å². The van der Waals surface area contributed by atoms with Crippen LogP contribution < -0.4 is 0 Å². The summed E-state index contributed by atoms with van der Waals surface area (Å²) in [7, 11) is -3.86. The first-order chi connectivity index (χ1) is 11.4. The third kappa shape index (κ3) is 3.59. The summed E-state index contributed by atoms with van der Waals surface area (Å²) in [5, 5.41) is 20.0. The average Bonchev–Trinajstić information content (AvgIpc) is 2.59. The van der Waals surface area contributed by atoms with Gasteiger partial charge in [0.15, 0.2) is 0 Å². The van der Waals surface area contributed by atoms with Crippen LogP contribution in [0.2, 0.25) is 0 Å². The molecule has 0 saturated carbocycles. The van der Waals surface area contributed by atoms with Crippen molar-refractivity contribution >= 4 is 15.7 Å². The molecule has 0 heterocycles. The van der Waals surface area contributed by atoms with Crippen LogP contribution in [0, 0.1) is 21.4 Å². The summed E-state index contributed by atoms with van der Waals surface area (Å²) >= 11 is 0. The lowest BCUT2D eigenvalue weighted by Crippen LogP contribution is -2.30. The first-order valence-corrected chi connectivity index (χ1v) is 8.56. The molecule has 0 radical (unpaired) electrons. The standard InChI is InChI=1S/C16H15N3O4S/c1-2-18(12-14-7-3-4-9-16(14)19(20)21)24(22,23)15-8-5-6-13(10-15)11-17/h3-10H,2,12H2,1H3. The van der Waals surface area contributed by atoms with Gasteiger partial charge in [0.2, 0.25) is 10.0 Å². The number of nitro groups is 1. The van der Waals surface area contributed by atoms with Crippen LogP contribution in [-0.2, 0) is 16.6 Å². The molecule has 0 saturated heterocycles. The van der Waals surface area contributed by atoms with Gasteiger partial charge in [-0.3, -0.25) is 10.1 Å². The van der Waals surface area contributed by atoms with E-state index in [4.69, 9.17) is 5.26 Å². The Morgan fingerprint density at radius 3 is 2.54 bits per heavy atom. The predicted octanol–water partition coefficient (Wildman–Crippen LogP) is 2.68. The second kappa shape index (κ2) is 7.21. The van der Waals surface area contributed by atoms with E-state index >= 15 is 0 Å². The number of para-hydroxylation sites is 1. The summed E-state index contributed by atoms with van der Waals surface area (Å²) in [6.45, 7) is 1.68. The van der Waals surface area contributed by atoms with Crippen molar-refractivity contribution in [2.75, 3.05) is 6.54 Å². The van der Waals surface area contributed by atoms with Crippen LogP contribution >= 0.6 is 0 Å². The van der Waals surface area contributed by atoms with Gasteiger partial charge >= 0.3 is 0 Å². The van der Waals surface area contributed by atoms with E-state index in [9.17, 15) is 18.5 Å². The van der Waals surface area contributed by atoms with E-state index in [1.165, 1.54) is 42.5 Å². The Morgan fingerprint density at radius 2 is 1.92 bits per heavy atom. The molecule has 7 nitrogen and oxygen atoms in total. The normalized spacial score (nSPS) is 11.2. The van der Waals surface area contributed by atoms with Crippen molar-refractivity contribution in [2.45, 2.75) is 18.4 Å². The second-order valence-corrected chi connectivity index (χ2v) is 6.89. The van der Waals surface area contributed by atoms with Crippen molar-refractivity contribution in [3.05, 3.63) is 69.8 Å². The zero-order valence-corrected chi connectivity index (χ0v) is 13.7. The van der Waals surface area contributed by atoms with Crippen LogP contribution in [0.4, 0.5) is 5.69 Å². The molecule has 0 aromatic heterocycles. The van der Waals surface area contributed by atoms with Crippen molar-refractivity contribution in [1.29, 1.82) is 5.26 Å². The molecule has 0 amide bonds. The highest BCUT2D eigenvalue weighted by atomic mass is 32.2. The Bertz CT molecular complexity index is 904. The van der Waals surface area contributed by atoms with E-state index in [1.807, 2.05) is 6.07 Å². The highest BCUT2D eigenvalue weighted by Gasteiger charge is 2.26. The Kier molecular flexibility index (Phi) is 5.28. The quantitative estimate of drug-likeness (QED) is 0.591. The lowest BCUT2D eigenvalue weighted by Gasteiger charge is -2.20. The predicted molar refractivity (Wildman–Crippen MR) is 87.5 cm³/mol. The van der Waals surface area contributed by atoms with Gasteiger partial charge in [-0.15, -0.1) is 0 Å². The molecule has 8 heteroatoms. The monoisotopic (exact) mass is 345 g/mol. The van der Waals surface area contributed by atoms with Crippen LogP contribution in [0.1, 0.15) is 18.1 Å². The Hall–Kier alpha value is -2.76. The van der Waals surface area contributed by atoms with E-state index in [0.29, 0.717) is 5.56 Å². The lowest BCUT2D eigenvalue weighted by atomic mass is 10.2. The van der Waals surface area contributed by atoms with Crippen LogP contribution in [0.5, 0.6) is 0 Å². The van der Waals surface area contributed by atoms with Crippen molar-refractivity contribution in [2.24, 2.45) is 0 Å². The fourth-order valence-electron chi connectivity index (χ4n) is 2.25. The van der Waals surface area contributed by atoms with Crippen molar-refractivity contribution in [3.8, 4) is 6.07 Å². The van der Waals surface area contributed by atoms with E-state index in [2.05, 4.69) is 0 Å². The maximum Gasteiger partial charge on any atom is 0.273 e. The molecular weight excluding hydrogens is 330 g/mol. The molecule has 0 bridgehead atoms. The SMILES string of the molecule is CCN(Cc1ccccc1[N+](=O)[O-])S(=O)(=O)c1cccc(C#N)c1. The summed E-state index contributed by atoms with van der Waals surface area (Å²) in [4.78, 5) is 10.5. The van der Waals surface area contributed by atoms with E-state index < -0.39 is 14.9 Å². The highest BCUT2D eigenvalue weighted by molar-refractivity contribution is 7.89. The highest BCUT2D eigenvalue weighted by Crippen LogP contribution is 2.24. The Labute approximate surface area is 140 Å². The van der Waals surface area contributed by atoms with Crippen LogP contribution in [-0.4, -0.2) is 24.2 Å². The molecule has 2 aromatic rings. The minimum Gasteiger partial charge on any atom is -0.258 e. The summed E-state index contributed by atoms with van der Waals surface area (Å²) in [6.07, 6.45) is 0. The van der Waals surface area contributed by atoms with Crippen LogP contribution in [0.3, 0.4) is 0 Å². The number of nitro benzene ring substituents is 1. The molecule has 0 atom stereocenters. The van der Waals surface area contributed by atoms with Gasteiger partial charge in [0.1, 0.15) is 0 Å². The number of rotatable bonds is 6. The van der Waals surface area contributed by atoms with Crippen molar-refractivity contribution in [1.82, 2.24) is 4.31 Å². The molecule has 0 aliphatic heterocycles. The molecular formula is C16H15N3O4S. The maximum atomic E-state index is 12.8. The first-order valence-electron chi connectivity index (χ1n) is 7.12. The molecule has 0 aliphatic carbocycles. The zero-order valence-electron chi connectivity index (χ0n) is 12.9. The largest absolute Gasteiger partial charge is 0.273 e. The zero-order chi connectivity index (χ0) is 17.7. The molecule has 124 valence electrons. The molecule has 2 rings (SSSR count). The van der Waals surface area contributed by atoms with Gasteiger partial charge in [-0.1, -0.05) is 31.2 Å². The number of nitrogens with zero attached hydrogens (tertiary/aromatic N) is 3. The van der Waals surface area contributed by atoms with Gasteiger partial charge in [0.05, 0.1) is 21.5 Å². The molecule has 0 fully saturated rings. The molecule has 0 aliphatic rings. The third-order valence-electron chi connectivity index (χ3n) is 3.49. The van der Waals surface area contributed by atoms with Gasteiger partial charge in [-0.25, -0.2) is 8.42 Å². The molecule has 0 N–H and O–H groups in total. The van der Waals surface area contributed by atoms with E-state index in [0.717, 1.165) is 4.31 Å². The minimum absolute atomic E-state index is 0.0121. The smallest absolute Gasteiger partial charge is 0.258 e. The topological polar surface area (TPSA) is 104 Å². The van der Waals surface area contributed by atoms with Gasteiger partial charge in [-0.2, -0.15) is 9.57 Å². The fraction of sp³-hybridized carbons (Fsp3) is 0.188. The number of hydrogen-bond donors (Lipinski definition) is 0. The summed E-state index contributed by atoms with van der Waals surface area (Å²) in [5.41, 5.74) is 0.416. The fourth-order valence-corrected chi connectivity index (χ4v) is 3.73. The molecule has 24 heavy (non-hydrogen) atoms. The minimum atomic E-state index is -3.86. The molecule has 0 unspecified atom stereocenters. The number of sulfonamides is 1. The maximum absolute atomic E-state index is 12.8. The molecule has 0 spiro atoms. The second-order valence-electron chi connectivity index (χ2n) is 4.96. The summed E-state index contributed by atoms with van der Waals surface area (Å²) < 4.78 is 26.7. The summed E-state index contributed by atoms with van der Waals surface area (Å²) in [5.74, 6) is 0. The van der Waals surface area contributed by atoms with Gasteiger partial charge in [0.25, 0.3) is 5.69 Å². The third-order valence-corrected chi connectivity index (χ3v) is 5.41. The molecule has 2 aromatic carbocycles. The summed E-state index contributed by atoms with van der Waals surface area (Å²) in [6, 6.07) is 13.6. The van der Waals surface area contributed by atoms with E-state index in [-0.39, 0.29) is 29.2 Å². The van der Waals surface area contributed by atoms with Crippen molar-refractivity contribution < 1.29 is 13.3 Å². The number of benzene rings is 2. The Morgan fingerprint density at radius 1 is 1.21 bits per heavy atom. The lowest BCUT2D eigenvalue weighted by molar-refractivity contribution is -0.385. The van der Waals surface area contributed by atoms with Crippen LogP contribution in [0.25, 0.3) is 0 Å². The number of hydrogen-bond acceptors (Lipinski definition) is 5. The first kappa shape index (κ1) is 17.6. The van der Waals surface area contributed by atoms with Gasteiger partial charge in [-0.05, 0) is 18.2 Å². The van der Waals surface area contributed by atoms with E-state index in [1.54, 1.807) is 13.0 Å². The van der Waals surface area contributed by atoms with Gasteiger partial charge < -0.3 is 0 Å².